The van der Waals surface area contributed by atoms with Crippen molar-refractivity contribution in [2.24, 2.45) is 18.9 Å². The molecule has 23 heavy (non-hydrogen) atoms. The van der Waals surface area contributed by atoms with Crippen LogP contribution < -0.4 is 16.1 Å². The quantitative estimate of drug-likeness (QED) is 0.860. The van der Waals surface area contributed by atoms with Crippen molar-refractivity contribution in [1.29, 1.82) is 0 Å². The molecule has 2 aromatic rings. The van der Waals surface area contributed by atoms with E-state index in [-0.39, 0.29) is 0 Å². The molecule has 1 saturated heterocycles. The van der Waals surface area contributed by atoms with Crippen molar-refractivity contribution >= 4 is 17.1 Å². The van der Waals surface area contributed by atoms with Gasteiger partial charge in [0.05, 0.1) is 0 Å². The molecule has 3 heterocycles. The van der Waals surface area contributed by atoms with Crippen LogP contribution in [0.15, 0.2) is 22.2 Å². The number of piperidine rings is 1. The summed E-state index contributed by atoms with van der Waals surface area (Å²) in [6.07, 6.45) is 2.93. The average molecular weight is 317 g/mol. The molecule has 0 unspecified atom stereocenters. The molecule has 1 fully saturated rings. The maximum atomic E-state index is 12.3. The van der Waals surface area contributed by atoms with Gasteiger partial charge in [-0.2, -0.15) is 4.98 Å². The van der Waals surface area contributed by atoms with E-state index in [2.05, 4.69) is 35.3 Å². The summed E-state index contributed by atoms with van der Waals surface area (Å²) in [6.45, 7) is 10.5. The van der Waals surface area contributed by atoms with Crippen LogP contribution in [-0.4, -0.2) is 32.2 Å². The second-order valence-corrected chi connectivity index (χ2v) is 6.65. The fourth-order valence-electron chi connectivity index (χ4n) is 3.59. The second kappa shape index (κ2) is 5.72. The van der Waals surface area contributed by atoms with E-state index in [1.165, 1.54) is 11.0 Å². The second-order valence-electron chi connectivity index (χ2n) is 6.65. The number of fused-ring (bicyclic) bond motifs is 1. The van der Waals surface area contributed by atoms with Crippen LogP contribution in [0.4, 0.5) is 5.95 Å². The predicted molar refractivity (Wildman–Crippen MR) is 90.9 cm³/mol. The third kappa shape index (κ3) is 2.60. The summed E-state index contributed by atoms with van der Waals surface area (Å²) in [5.74, 6) is 1.88. The van der Waals surface area contributed by atoms with Gasteiger partial charge in [0.1, 0.15) is 0 Å². The highest BCUT2D eigenvalue weighted by atomic mass is 16.2. The highest BCUT2D eigenvalue weighted by molar-refractivity contribution is 5.74. The summed E-state index contributed by atoms with van der Waals surface area (Å²) in [4.78, 5) is 33.3. The molecule has 0 aliphatic carbocycles. The molecule has 0 amide bonds. The first-order valence-corrected chi connectivity index (χ1v) is 7.97. The highest BCUT2D eigenvalue weighted by Crippen LogP contribution is 2.27. The first-order chi connectivity index (χ1) is 10.9. The van der Waals surface area contributed by atoms with Gasteiger partial charge in [0.15, 0.2) is 11.2 Å². The topological polar surface area (TPSA) is 75.9 Å². The molecular formula is C16H23N5O2. The van der Waals surface area contributed by atoms with Crippen LogP contribution >= 0.6 is 0 Å². The number of allylic oxidation sites excluding steroid dienone is 1. The van der Waals surface area contributed by atoms with Crippen molar-refractivity contribution < 1.29 is 0 Å². The fourth-order valence-corrected chi connectivity index (χ4v) is 3.59. The first kappa shape index (κ1) is 15.6. The van der Waals surface area contributed by atoms with Crippen LogP contribution in [0.1, 0.15) is 20.3 Å². The molecule has 3 rings (SSSR count). The molecule has 0 spiro atoms. The number of anilines is 1. The number of nitrogens with zero attached hydrogens (tertiary/aromatic N) is 4. The summed E-state index contributed by atoms with van der Waals surface area (Å²) in [7, 11) is 1.62. The van der Waals surface area contributed by atoms with E-state index in [1.807, 2.05) is 4.57 Å². The van der Waals surface area contributed by atoms with Gasteiger partial charge < -0.3 is 9.47 Å². The third-order valence-corrected chi connectivity index (χ3v) is 4.45. The van der Waals surface area contributed by atoms with E-state index < -0.39 is 11.2 Å². The van der Waals surface area contributed by atoms with Crippen molar-refractivity contribution in [2.45, 2.75) is 26.8 Å². The number of nitrogens with one attached hydrogen (secondary N) is 1. The monoisotopic (exact) mass is 317 g/mol. The molecule has 124 valence electrons. The molecule has 1 N–H and O–H groups in total. The van der Waals surface area contributed by atoms with Crippen molar-refractivity contribution in [3.8, 4) is 0 Å². The number of aryl methyl sites for hydroxylation is 1. The summed E-state index contributed by atoms with van der Waals surface area (Å²) in [5, 5.41) is 0. The van der Waals surface area contributed by atoms with Gasteiger partial charge in [0.25, 0.3) is 5.56 Å². The van der Waals surface area contributed by atoms with Crippen molar-refractivity contribution in [2.75, 3.05) is 18.0 Å². The number of H-pyrrole nitrogens is 1. The van der Waals surface area contributed by atoms with E-state index in [4.69, 9.17) is 0 Å². The first-order valence-electron chi connectivity index (χ1n) is 7.97. The molecule has 0 aromatic carbocycles. The molecule has 2 atom stereocenters. The Morgan fingerprint density at radius 1 is 1.30 bits per heavy atom. The van der Waals surface area contributed by atoms with E-state index in [0.29, 0.717) is 29.5 Å². The molecule has 0 radical (unpaired) electrons. The maximum absolute atomic E-state index is 12.3. The molecule has 0 saturated carbocycles. The highest BCUT2D eigenvalue weighted by Gasteiger charge is 2.27. The fraction of sp³-hybridized carbons (Fsp3) is 0.562. The largest absolute Gasteiger partial charge is 0.342 e. The van der Waals surface area contributed by atoms with E-state index >= 15 is 0 Å². The molecular weight excluding hydrogens is 294 g/mol. The van der Waals surface area contributed by atoms with Gasteiger partial charge in [0, 0.05) is 26.7 Å². The van der Waals surface area contributed by atoms with Crippen LogP contribution in [-0.2, 0) is 13.6 Å². The molecule has 7 heteroatoms. The van der Waals surface area contributed by atoms with Gasteiger partial charge in [0.2, 0.25) is 5.95 Å². The van der Waals surface area contributed by atoms with Crippen LogP contribution in [0.5, 0.6) is 0 Å². The zero-order valence-corrected chi connectivity index (χ0v) is 13.9. The van der Waals surface area contributed by atoms with Crippen LogP contribution in [0.3, 0.4) is 0 Å². The number of rotatable bonds is 3. The lowest BCUT2D eigenvalue weighted by Gasteiger charge is -2.35. The summed E-state index contributed by atoms with van der Waals surface area (Å²) in [5.41, 5.74) is -0.00570. The Kier molecular flexibility index (Phi) is 3.87. The Balaban J connectivity index is 2.24. The van der Waals surface area contributed by atoms with Crippen LogP contribution in [0.2, 0.25) is 0 Å². The Morgan fingerprint density at radius 2 is 1.96 bits per heavy atom. The molecule has 1 aliphatic rings. The van der Waals surface area contributed by atoms with Crippen molar-refractivity contribution in [3.63, 3.8) is 0 Å². The third-order valence-electron chi connectivity index (χ3n) is 4.45. The zero-order chi connectivity index (χ0) is 16.7. The minimum atomic E-state index is -0.447. The summed E-state index contributed by atoms with van der Waals surface area (Å²) >= 11 is 0. The Morgan fingerprint density at radius 3 is 2.57 bits per heavy atom. The van der Waals surface area contributed by atoms with Gasteiger partial charge >= 0.3 is 5.69 Å². The smallest absolute Gasteiger partial charge is 0.329 e. The Labute approximate surface area is 134 Å². The van der Waals surface area contributed by atoms with Gasteiger partial charge in [-0.05, 0) is 18.3 Å². The number of hydrogen-bond acceptors (Lipinski definition) is 4. The van der Waals surface area contributed by atoms with Gasteiger partial charge in [-0.25, -0.2) is 4.79 Å². The lowest BCUT2D eigenvalue weighted by molar-refractivity contribution is 0.352. The SMILES string of the molecule is C=CCn1c(N2C[C@H](C)C[C@H](C)C2)nc2c1c(=O)[nH]c(=O)n2C. The van der Waals surface area contributed by atoms with E-state index in [9.17, 15) is 9.59 Å². The zero-order valence-electron chi connectivity index (χ0n) is 13.9. The number of imidazole rings is 1. The summed E-state index contributed by atoms with van der Waals surface area (Å²) in [6, 6.07) is 0. The van der Waals surface area contributed by atoms with Crippen molar-refractivity contribution in [3.05, 3.63) is 33.5 Å². The number of aromatic amines is 1. The van der Waals surface area contributed by atoms with Gasteiger partial charge in [-0.1, -0.05) is 19.9 Å². The molecule has 1 aliphatic heterocycles. The lowest BCUT2D eigenvalue weighted by Crippen LogP contribution is -2.40. The summed E-state index contributed by atoms with van der Waals surface area (Å²) < 4.78 is 3.24. The minimum absolute atomic E-state index is 0.401. The molecule has 2 aromatic heterocycles. The van der Waals surface area contributed by atoms with E-state index in [0.717, 1.165) is 19.0 Å². The van der Waals surface area contributed by atoms with Crippen molar-refractivity contribution in [1.82, 2.24) is 19.1 Å². The molecule has 7 nitrogen and oxygen atoms in total. The standard InChI is InChI=1S/C16H23N5O2/c1-5-6-21-12-13(19(4)16(23)18-14(12)22)17-15(21)20-8-10(2)7-11(3)9-20/h5,10-11H,1,6-9H2,2-4H3,(H,18,22,23)/t10-,11+. The van der Waals surface area contributed by atoms with Crippen LogP contribution in [0.25, 0.3) is 11.2 Å². The number of aromatic nitrogens is 4. The van der Waals surface area contributed by atoms with Gasteiger partial charge in [-0.15, -0.1) is 6.58 Å². The lowest BCUT2D eigenvalue weighted by atomic mass is 9.92. The normalized spacial score (nSPS) is 21.8. The Bertz CT molecular complexity index is 850. The Hall–Kier alpha value is -2.31. The van der Waals surface area contributed by atoms with E-state index in [1.54, 1.807) is 13.1 Å². The predicted octanol–water partition coefficient (Wildman–Crippen LogP) is 1.09. The minimum Gasteiger partial charge on any atom is -0.342 e. The molecule has 0 bridgehead atoms. The number of hydrogen-bond donors (Lipinski definition) is 1. The average Bonchev–Trinajstić information content (AvgIpc) is 2.84. The maximum Gasteiger partial charge on any atom is 0.329 e. The van der Waals surface area contributed by atoms with Crippen LogP contribution in [0, 0.1) is 11.8 Å². The van der Waals surface area contributed by atoms with Gasteiger partial charge in [-0.3, -0.25) is 14.3 Å².